The number of rotatable bonds is 4. The topological polar surface area (TPSA) is 54.0 Å². The maximum absolute atomic E-state index is 11.6. The van der Waals surface area contributed by atoms with Crippen molar-refractivity contribution in [3.8, 4) is 0 Å². The van der Waals surface area contributed by atoms with E-state index >= 15 is 0 Å². The molecule has 96 valence electrons. The van der Waals surface area contributed by atoms with Gasteiger partial charge in [-0.2, -0.15) is 0 Å². The molecule has 0 bridgehead atoms. The van der Waals surface area contributed by atoms with Crippen LogP contribution in [0.3, 0.4) is 0 Å². The van der Waals surface area contributed by atoms with E-state index < -0.39 is 0 Å². The van der Waals surface area contributed by atoms with Crippen molar-refractivity contribution in [1.82, 2.24) is 10.3 Å². The summed E-state index contributed by atoms with van der Waals surface area (Å²) in [5, 5.41) is 5.64. The van der Waals surface area contributed by atoms with Crippen molar-refractivity contribution in [3.05, 3.63) is 36.2 Å². The average Bonchev–Trinajstić information content (AvgIpc) is 2.41. The number of hydrogen-bond donors (Lipinski definition) is 2. The van der Waals surface area contributed by atoms with Gasteiger partial charge in [-0.15, -0.1) is 0 Å². The van der Waals surface area contributed by atoms with Crippen LogP contribution in [0.15, 0.2) is 36.2 Å². The Kier molecular flexibility index (Phi) is 4.76. The fraction of sp³-hybridized carbons (Fsp3) is 0.429. The van der Waals surface area contributed by atoms with E-state index in [2.05, 4.69) is 21.7 Å². The summed E-state index contributed by atoms with van der Waals surface area (Å²) in [7, 11) is 0. The Morgan fingerprint density at radius 1 is 1.28 bits per heavy atom. The zero-order chi connectivity index (χ0) is 12.6. The van der Waals surface area contributed by atoms with Crippen molar-refractivity contribution >= 4 is 11.7 Å². The van der Waals surface area contributed by atoms with E-state index in [0.717, 1.165) is 12.1 Å². The minimum absolute atomic E-state index is 0.155. The van der Waals surface area contributed by atoms with Gasteiger partial charge in [0.2, 0.25) is 0 Å². The summed E-state index contributed by atoms with van der Waals surface area (Å²) >= 11 is 0. The number of nitrogens with zero attached hydrogens (tertiary/aromatic N) is 1. The molecule has 0 fully saturated rings. The predicted molar refractivity (Wildman–Crippen MR) is 72.4 cm³/mol. The third kappa shape index (κ3) is 4.20. The Hall–Kier alpha value is -1.84. The van der Waals surface area contributed by atoms with Crippen LogP contribution < -0.4 is 10.6 Å². The van der Waals surface area contributed by atoms with E-state index in [-0.39, 0.29) is 6.03 Å². The lowest BCUT2D eigenvalue weighted by Crippen LogP contribution is -2.29. The van der Waals surface area contributed by atoms with E-state index in [4.69, 9.17) is 0 Å². The van der Waals surface area contributed by atoms with Crippen molar-refractivity contribution in [2.75, 3.05) is 11.9 Å². The van der Waals surface area contributed by atoms with Gasteiger partial charge in [0.15, 0.2) is 0 Å². The molecule has 2 N–H and O–H groups in total. The van der Waals surface area contributed by atoms with Gasteiger partial charge in [0.05, 0.1) is 0 Å². The van der Waals surface area contributed by atoms with Gasteiger partial charge in [-0.05, 0) is 44.2 Å². The van der Waals surface area contributed by atoms with E-state index in [0.29, 0.717) is 6.54 Å². The van der Waals surface area contributed by atoms with Crippen LogP contribution in [-0.2, 0) is 0 Å². The minimum atomic E-state index is -0.155. The Morgan fingerprint density at radius 3 is 2.83 bits per heavy atom. The highest BCUT2D eigenvalue weighted by molar-refractivity contribution is 5.89. The van der Waals surface area contributed by atoms with Crippen LogP contribution in [0.5, 0.6) is 0 Å². The first-order chi connectivity index (χ1) is 8.84. The quantitative estimate of drug-likeness (QED) is 0.801. The number of allylic oxidation sites excluding steroid dienone is 1. The van der Waals surface area contributed by atoms with Crippen LogP contribution in [0.1, 0.15) is 32.1 Å². The smallest absolute Gasteiger partial charge is 0.319 e. The number of anilines is 1. The van der Waals surface area contributed by atoms with E-state index in [1.54, 1.807) is 24.5 Å². The van der Waals surface area contributed by atoms with Crippen molar-refractivity contribution in [3.63, 3.8) is 0 Å². The third-order valence-corrected chi connectivity index (χ3v) is 3.05. The van der Waals surface area contributed by atoms with Gasteiger partial charge in [-0.3, -0.25) is 4.98 Å². The van der Waals surface area contributed by atoms with Crippen LogP contribution in [0, 0.1) is 0 Å². The van der Waals surface area contributed by atoms with Gasteiger partial charge in [-0.25, -0.2) is 4.79 Å². The number of carbonyl (C=O) groups is 1. The molecule has 2 amide bonds. The number of hydrogen-bond acceptors (Lipinski definition) is 2. The first-order valence-electron chi connectivity index (χ1n) is 6.47. The second-order valence-corrected chi connectivity index (χ2v) is 4.47. The van der Waals surface area contributed by atoms with Crippen molar-refractivity contribution < 1.29 is 4.79 Å². The fourth-order valence-electron chi connectivity index (χ4n) is 2.08. The number of amides is 2. The summed E-state index contributed by atoms with van der Waals surface area (Å²) < 4.78 is 0. The molecule has 1 aliphatic carbocycles. The molecule has 0 radical (unpaired) electrons. The van der Waals surface area contributed by atoms with Gasteiger partial charge in [0, 0.05) is 24.6 Å². The van der Waals surface area contributed by atoms with Gasteiger partial charge in [0.1, 0.15) is 0 Å². The molecule has 2 rings (SSSR count). The van der Waals surface area contributed by atoms with Crippen LogP contribution in [-0.4, -0.2) is 17.6 Å². The molecule has 0 aromatic carbocycles. The second kappa shape index (κ2) is 6.79. The largest absolute Gasteiger partial charge is 0.338 e. The first kappa shape index (κ1) is 12.6. The number of urea groups is 1. The summed E-state index contributed by atoms with van der Waals surface area (Å²) in [6.07, 6.45) is 11.6. The van der Waals surface area contributed by atoms with Crippen LogP contribution in [0.25, 0.3) is 0 Å². The molecule has 18 heavy (non-hydrogen) atoms. The molecular weight excluding hydrogens is 226 g/mol. The molecule has 4 nitrogen and oxygen atoms in total. The number of nitrogens with one attached hydrogen (secondary N) is 2. The molecule has 1 aliphatic rings. The number of aromatic nitrogens is 1. The van der Waals surface area contributed by atoms with Crippen LogP contribution in [0.4, 0.5) is 10.5 Å². The summed E-state index contributed by atoms with van der Waals surface area (Å²) in [4.78, 5) is 15.5. The van der Waals surface area contributed by atoms with Crippen molar-refractivity contribution in [1.29, 1.82) is 0 Å². The van der Waals surface area contributed by atoms with Crippen molar-refractivity contribution in [2.24, 2.45) is 0 Å². The Morgan fingerprint density at radius 2 is 2.11 bits per heavy atom. The van der Waals surface area contributed by atoms with Crippen molar-refractivity contribution in [2.45, 2.75) is 32.1 Å². The molecule has 0 aliphatic heterocycles. The molecule has 0 spiro atoms. The predicted octanol–water partition coefficient (Wildman–Crippen LogP) is 3.09. The third-order valence-electron chi connectivity index (χ3n) is 3.05. The lowest BCUT2D eigenvalue weighted by molar-refractivity contribution is 0.252. The number of pyridine rings is 1. The van der Waals surface area contributed by atoms with Crippen LogP contribution in [0.2, 0.25) is 0 Å². The molecule has 1 aromatic rings. The van der Waals surface area contributed by atoms with E-state index in [1.165, 1.54) is 31.3 Å². The summed E-state index contributed by atoms with van der Waals surface area (Å²) in [6, 6.07) is 3.38. The standard InChI is InChI=1S/C14H19N3O/c18-14(17-13-7-9-15-10-8-13)16-11-6-12-4-2-1-3-5-12/h4,7-10H,1-3,5-6,11H2,(H2,15,16,17,18). The molecule has 1 heterocycles. The maximum Gasteiger partial charge on any atom is 0.319 e. The van der Waals surface area contributed by atoms with Gasteiger partial charge in [0.25, 0.3) is 0 Å². The zero-order valence-corrected chi connectivity index (χ0v) is 10.5. The van der Waals surface area contributed by atoms with Gasteiger partial charge in [-0.1, -0.05) is 11.6 Å². The lowest BCUT2D eigenvalue weighted by atomic mass is 9.97. The molecule has 0 saturated heterocycles. The van der Waals surface area contributed by atoms with E-state index in [1.807, 2.05) is 0 Å². The molecule has 0 unspecified atom stereocenters. The summed E-state index contributed by atoms with van der Waals surface area (Å²) in [5.41, 5.74) is 2.24. The lowest BCUT2D eigenvalue weighted by Gasteiger charge is -2.13. The highest BCUT2D eigenvalue weighted by Crippen LogP contribution is 2.19. The fourth-order valence-corrected chi connectivity index (χ4v) is 2.08. The average molecular weight is 245 g/mol. The molecule has 0 atom stereocenters. The minimum Gasteiger partial charge on any atom is -0.338 e. The molecule has 1 aromatic heterocycles. The normalized spacial score (nSPS) is 14.8. The Labute approximate surface area is 108 Å². The Balaban J connectivity index is 1.67. The molecule has 4 heteroatoms. The Bertz CT molecular complexity index is 414. The first-order valence-corrected chi connectivity index (χ1v) is 6.47. The summed E-state index contributed by atoms with van der Waals surface area (Å²) in [5.74, 6) is 0. The van der Waals surface area contributed by atoms with Gasteiger partial charge < -0.3 is 10.6 Å². The zero-order valence-electron chi connectivity index (χ0n) is 10.5. The number of carbonyl (C=O) groups excluding carboxylic acids is 1. The molecular formula is C14H19N3O. The maximum atomic E-state index is 11.6. The SMILES string of the molecule is O=C(NCCC1=CCCCC1)Nc1ccncc1. The summed E-state index contributed by atoms with van der Waals surface area (Å²) in [6.45, 7) is 0.697. The highest BCUT2D eigenvalue weighted by atomic mass is 16.2. The highest BCUT2D eigenvalue weighted by Gasteiger charge is 2.05. The monoisotopic (exact) mass is 245 g/mol. The second-order valence-electron chi connectivity index (χ2n) is 4.47. The van der Waals surface area contributed by atoms with Gasteiger partial charge >= 0.3 is 6.03 Å². The van der Waals surface area contributed by atoms with E-state index in [9.17, 15) is 4.79 Å². The molecule has 0 saturated carbocycles. The van der Waals surface area contributed by atoms with Crippen LogP contribution >= 0.6 is 0 Å².